The molecule has 0 aromatic heterocycles. The van der Waals surface area contributed by atoms with Crippen molar-refractivity contribution in [3.8, 4) is 0 Å². The van der Waals surface area contributed by atoms with Crippen LogP contribution in [0.5, 0.6) is 0 Å². The third kappa shape index (κ3) is 6.53. The number of benzene rings is 1. The maximum absolute atomic E-state index is 14.0. The van der Waals surface area contributed by atoms with Crippen LogP contribution in [0.25, 0.3) is 0 Å². The van der Waals surface area contributed by atoms with E-state index in [-0.39, 0.29) is 22.1 Å². The van der Waals surface area contributed by atoms with Gasteiger partial charge in [0.2, 0.25) is 6.10 Å². The fourth-order valence-corrected chi connectivity index (χ4v) is 6.02. The quantitative estimate of drug-likeness (QED) is 0.272. The normalized spacial score (nSPS) is 20.6. The van der Waals surface area contributed by atoms with Crippen LogP contribution in [-0.4, -0.2) is 45.0 Å². The van der Waals surface area contributed by atoms with Crippen LogP contribution >= 0.6 is 0 Å². The Morgan fingerprint density at radius 3 is 1.79 bits per heavy atom. The monoisotopic (exact) mass is 490 g/mol. The Balaban J connectivity index is 2.57. The standard InChI is InChI=1S/C27H48NO3Si2/c1-12-13-19-22-23(30-32(8,9)26(2,3)4)24(31-33(10,11)27(5,6)7)25(29)28(22)20-21-17-15-14-16-18-21/h14-18,23-24H,12-13,19-20H2,1-11H3/q+1/t23-,24+/m0/s1. The molecule has 1 heterocycles. The molecule has 1 amide bonds. The summed E-state index contributed by atoms with van der Waals surface area (Å²) >= 11 is 0. The van der Waals surface area contributed by atoms with Gasteiger partial charge >= 0.3 is 5.91 Å². The van der Waals surface area contributed by atoms with Crippen molar-refractivity contribution in [3.63, 3.8) is 0 Å². The molecule has 186 valence electrons. The van der Waals surface area contributed by atoms with Crippen LogP contribution in [0.15, 0.2) is 30.3 Å². The van der Waals surface area contributed by atoms with Gasteiger partial charge in [-0.1, -0.05) is 85.2 Å². The predicted octanol–water partition coefficient (Wildman–Crippen LogP) is 7.15. The maximum atomic E-state index is 14.0. The van der Waals surface area contributed by atoms with Gasteiger partial charge in [-0.3, -0.25) is 0 Å². The zero-order chi connectivity index (χ0) is 25.2. The lowest BCUT2D eigenvalue weighted by atomic mass is 10.1. The first-order chi connectivity index (χ1) is 15.0. The summed E-state index contributed by atoms with van der Waals surface area (Å²) in [5.41, 5.74) is 2.25. The summed E-state index contributed by atoms with van der Waals surface area (Å²) in [5.74, 6) is 0.0680. The first-order valence-electron chi connectivity index (χ1n) is 12.6. The topological polar surface area (TPSA) is 38.5 Å². The summed E-state index contributed by atoms with van der Waals surface area (Å²) in [6.07, 6.45) is 2.12. The number of amides is 1. The van der Waals surface area contributed by atoms with Gasteiger partial charge < -0.3 is 8.85 Å². The molecule has 2 atom stereocenters. The number of hydrogen-bond acceptors (Lipinski definition) is 3. The Kier molecular flexibility index (Phi) is 8.76. The number of hydrogen-bond donors (Lipinski definition) is 0. The SMILES string of the molecule is CCCCC1=[N+](Cc2ccccc2)C(=O)[C@H](O[Si](C)(C)C(C)(C)C)[C@H]1O[Si](C)(C)C(C)(C)C. The Morgan fingerprint density at radius 1 is 0.848 bits per heavy atom. The minimum atomic E-state index is -2.18. The summed E-state index contributed by atoms with van der Waals surface area (Å²) in [6, 6.07) is 10.3. The summed E-state index contributed by atoms with van der Waals surface area (Å²) in [7, 11) is -4.31. The van der Waals surface area contributed by atoms with Gasteiger partial charge in [-0.2, -0.15) is 4.58 Å². The van der Waals surface area contributed by atoms with Gasteiger partial charge in [-0.25, -0.2) is 4.79 Å². The molecule has 0 radical (unpaired) electrons. The molecule has 1 aromatic carbocycles. The first-order valence-corrected chi connectivity index (χ1v) is 18.4. The van der Waals surface area contributed by atoms with E-state index in [2.05, 4.69) is 86.8 Å². The van der Waals surface area contributed by atoms with Gasteiger partial charge in [0.05, 0.1) is 0 Å². The van der Waals surface area contributed by atoms with E-state index in [1.165, 1.54) is 0 Å². The molecule has 0 unspecified atom stereocenters. The average Bonchev–Trinajstić information content (AvgIpc) is 2.90. The van der Waals surface area contributed by atoms with Crippen LogP contribution < -0.4 is 0 Å². The molecular weight excluding hydrogens is 442 g/mol. The molecule has 0 spiro atoms. The fraction of sp³-hybridized carbons (Fsp3) is 0.704. The van der Waals surface area contributed by atoms with Crippen LogP contribution in [-0.2, 0) is 20.2 Å². The second-order valence-corrected chi connectivity index (χ2v) is 22.1. The van der Waals surface area contributed by atoms with Crippen molar-refractivity contribution in [3.05, 3.63) is 35.9 Å². The van der Waals surface area contributed by atoms with Crippen molar-refractivity contribution in [1.82, 2.24) is 0 Å². The van der Waals surface area contributed by atoms with Crippen molar-refractivity contribution in [2.45, 2.75) is 123 Å². The Labute approximate surface area is 205 Å². The van der Waals surface area contributed by atoms with E-state index in [0.717, 1.165) is 30.5 Å². The minimum Gasteiger partial charge on any atom is -0.402 e. The van der Waals surface area contributed by atoms with Crippen molar-refractivity contribution < 1.29 is 18.2 Å². The summed E-state index contributed by atoms with van der Waals surface area (Å²) in [5, 5.41) is 0.0749. The zero-order valence-corrected chi connectivity index (χ0v) is 25.0. The fourth-order valence-electron chi connectivity index (χ4n) is 3.56. The number of carbonyl (C=O) groups excluding carboxylic acids is 1. The van der Waals surface area contributed by atoms with Crippen molar-refractivity contribution in [2.75, 3.05) is 0 Å². The molecule has 1 aliphatic heterocycles. The number of nitrogens with zero attached hydrogens (tertiary/aromatic N) is 1. The Hall–Kier alpha value is -1.09. The summed E-state index contributed by atoms with van der Waals surface area (Å²) < 4.78 is 15.9. The number of carbonyl (C=O) groups is 1. The molecule has 0 saturated heterocycles. The highest BCUT2D eigenvalue weighted by Crippen LogP contribution is 2.42. The third-order valence-electron chi connectivity index (χ3n) is 7.89. The van der Waals surface area contributed by atoms with E-state index in [1.807, 2.05) is 22.8 Å². The van der Waals surface area contributed by atoms with E-state index >= 15 is 0 Å². The van der Waals surface area contributed by atoms with E-state index in [1.54, 1.807) is 0 Å². The maximum Gasteiger partial charge on any atom is 0.418 e. The van der Waals surface area contributed by atoms with E-state index in [9.17, 15) is 4.79 Å². The minimum absolute atomic E-state index is 0.0191. The molecular formula is C27H48NO3Si2+. The van der Waals surface area contributed by atoms with Gasteiger partial charge in [-0.15, -0.1) is 0 Å². The van der Waals surface area contributed by atoms with E-state index in [0.29, 0.717) is 6.54 Å². The van der Waals surface area contributed by atoms with Crippen LogP contribution in [0.4, 0.5) is 0 Å². The van der Waals surface area contributed by atoms with Crippen LogP contribution in [0.3, 0.4) is 0 Å². The molecule has 2 rings (SSSR count). The van der Waals surface area contributed by atoms with Crippen molar-refractivity contribution >= 4 is 28.3 Å². The Morgan fingerprint density at radius 2 is 1.33 bits per heavy atom. The third-order valence-corrected chi connectivity index (χ3v) is 16.8. The van der Waals surface area contributed by atoms with Crippen LogP contribution in [0.2, 0.25) is 36.3 Å². The molecule has 1 aliphatic rings. The van der Waals surface area contributed by atoms with Crippen molar-refractivity contribution in [2.24, 2.45) is 0 Å². The molecule has 0 aliphatic carbocycles. The van der Waals surface area contributed by atoms with E-state index < -0.39 is 22.7 Å². The summed E-state index contributed by atoms with van der Waals surface area (Å²) in [4.78, 5) is 14.0. The van der Waals surface area contributed by atoms with Gasteiger partial charge in [-0.05, 0) is 42.7 Å². The lowest BCUT2D eigenvalue weighted by Gasteiger charge is -2.41. The lowest BCUT2D eigenvalue weighted by Crippen LogP contribution is -2.53. The molecule has 0 bridgehead atoms. The molecule has 0 saturated carbocycles. The molecule has 6 heteroatoms. The van der Waals surface area contributed by atoms with Crippen molar-refractivity contribution in [1.29, 1.82) is 0 Å². The number of unbranched alkanes of at least 4 members (excludes halogenated alkanes) is 1. The molecule has 33 heavy (non-hydrogen) atoms. The highest BCUT2D eigenvalue weighted by atomic mass is 28.4. The second-order valence-electron chi connectivity index (χ2n) is 12.6. The molecule has 4 nitrogen and oxygen atoms in total. The van der Waals surface area contributed by atoms with Crippen LogP contribution in [0.1, 0.15) is 73.3 Å². The second kappa shape index (κ2) is 10.3. The molecule has 1 aromatic rings. The number of rotatable bonds is 9. The molecule has 0 fully saturated rings. The van der Waals surface area contributed by atoms with Gasteiger partial charge in [0, 0.05) is 12.0 Å². The Bertz CT molecular complexity index is 848. The first kappa shape index (κ1) is 28.2. The van der Waals surface area contributed by atoms with Gasteiger partial charge in [0.15, 0.2) is 35.0 Å². The molecule has 0 N–H and O–H groups in total. The van der Waals surface area contributed by atoms with Crippen LogP contribution in [0, 0.1) is 0 Å². The zero-order valence-electron chi connectivity index (χ0n) is 23.0. The van der Waals surface area contributed by atoms with E-state index in [4.69, 9.17) is 8.85 Å². The summed E-state index contributed by atoms with van der Waals surface area (Å²) in [6.45, 7) is 25.2. The lowest BCUT2D eigenvalue weighted by molar-refractivity contribution is -0.463. The smallest absolute Gasteiger partial charge is 0.402 e. The van der Waals surface area contributed by atoms with Gasteiger partial charge in [0.1, 0.15) is 0 Å². The highest BCUT2D eigenvalue weighted by molar-refractivity contribution is 6.75. The average molecular weight is 491 g/mol. The van der Waals surface area contributed by atoms with Gasteiger partial charge in [0.25, 0.3) is 0 Å². The predicted molar refractivity (Wildman–Crippen MR) is 144 cm³/mol. The largest absolute Gasteiger partial charge is 0.418 e. The highest BCUT2D eigenvalue weighted by Gasteiger charge is 2.57.